The number of benzene rings is 1. The van der Waals surface area contributed by atoms with Gasteiger partial charge in [0.25, 0.3) is 0 Å². The Morgan fingerprint density at radius 2 is 1.31 bits per heavy atom. The molecule has 0 atom stereocenters. The zero-order valence-electron chi connectivity index (χ0n) is 11.3. The van der Waals surface area contributed by atoms with Crippen molar-refractivity contribution in [1.82, 2.24) is 4.48 Å². The van der Waals surface area contributed by atoms with Gasteiger partial charge in [-0.1, -0.05) is 25.5 Å². The molecule has 0 bridgehead atoms. The predicted molar refractivity (Wildman–Crippen MR) is 73.9 cm³/mol. The highest BCUT2D eigenvalue weighted by Gasteiger charge is 2.23. The van der Waals surface area contributed by atoms with Crippen LogP contribution >= 0.6 is 0 Å². The van der Waals surface area contributed by atoms with Gasteiger partial charge in [0.05, 0.1) is 19.6 Å². The standard InChI is InChI=1S/C15H26N/c1-5-9-14-10-12-15(13-11-14)16(6-2,7-3)8-4/h10-13H,5-9H2,1-4H3/q+1. The highest BCUT2D eigenvalue weighted by molar-refractivity contribution is 5.44. The Balaban J connectivity index is 2.94. The average Bonchev–Trinajstić information content (AvgIpc) is 2.34. The molecule has 1 aromatic rings. The van der Waals surface area contributed by atoms with Crippen LogP contribution in [-0.2, 0) is 6.42 Å². The molecule has 1 heteroatoms. The molecule has 0 N–H and O–H groups in total. The van der Waals surface area contributed by atoms with Crippen molar-refractivity contribution in [2.75, 3.05) is 19.6 Å². The van der Waals surface area contributed by atoms with Crippen LogP contribution in [0.15, 0.2) is 24.3 Å². The van der Waals surface area contributed by atoms with Gasteiger partial charge in [0.15, 0.2) is 0 Å². The van der Waals surface area contributed by atoms with E-state index in [1.807, 2.05) is 0 Å². The maximum atomic E-state index is 2.32. The van der Waals surface area contributed by atoms with Gasteiger partial charge in [-0.15, -0.1) is 0 Å². The van der Waals surface area contributed by atoms with Gasteiger partial charge in [-0.3, -0.25) is 4.48 Å². The molecule has 1 aromatic carbocycles. The average molecular weight is 220 g/mol. The van der Waals surface area contributed by atoms with E-state index in [2.05, 4.69) is 52.0 Å². The molecule has 0 saturated carbocycles. The van der Waals surface area contributed by atoms with Gasteiger partial charge in [-0.25, -0.2) is 0 Å². The van der Waals surface area contributed by atoms with Crippen molar-refractivity contribution in [2.45, 2.75) is 40.5 Å². The molecule has 16 heavy (non-hydrogen) atoms. The van der Waals surface area contributed by atoms with Gasteiger partial charge in [0, 0.05) is 0 Å². The van der Waals surface area contributed by atoms with Gasteiger partial charge in [-0.2, -0.15) is 0 Å². The van der Waals surface area contributed by atoms with E-state index in [1.54, 1.807) is 0 Å². The van der Waals surface area contributed by atoms with Gasteiger partial charge in [-0.05, 0) is 44.9 Å². The zero-order chi connectivity index (χ0) is 12.0. The van der Waals surface area contributed by atoms with E-state index in [4.69, 9.17) is 0 Å². The molecule has 0 aliphatic carbocycles. The molecular formula is C15H26N+. The molecule has 1 rings (SSSR count). The van der Waals surface area contributed by atoms with Crippen LogP contribution < -0.4 is 4.48 Å². The largest absolute Gasteiger partial charge is 0.292 e. The first-order valence-electron chi connectivity index (χ1n) is 6.68. The molecule has 0 spiro atoms. The Morgan fingerprint density at radius 3 is 1.69 bits per heavy atom. The normalized spacial score (nSPS) is 11.8. The van der Waals surface area contributed by atoms with Gasteiger partial charge in [0.1, 0.15) is 5.69 Å². The van der Waals surface area contributed by atoms with Crippen molar-refractivity contribution in [3.63, 3.8) is 0 Å². The summed E-state index contributed by atoms with van der Waals surface area (Å²) >= 11 is 0. The van der Waals surface area contributed by atoms with Crippen molar-refractivity contribution in [3.05, 3.63) is 29.8 Å². The second-order valence-corrected chi connectivity index (χ2v) is 4.51. The van der Waals surface area contributed by atoms with Crippen molar-refractivity contribution in [1.29, 1.82) is 0 Å². The van der Waals surface area contributed by atoms with E-state index in [0.717, 1.165) is 4.48 Å². The molecule has 0 radical (unpaired) electrons. The lowest BCUT2D eigenvalue weighted by Gasteiger charge is -2.35. The van der Waals surface area contributed by atoms with Crippen molar-refractivity contribution in [2.24, 2.45) is 0 Å². The molecule has 0 fully saturated rings. The number of hydrogen-bond donors (Lipinski definition) is 0. The lowest BCUT2D eigenvalue weighted by atomic mass is 10.1. The summed E-state index contributed by atoms with van der Waals surface area (Å²) in [5.74, 6) is 0. The zero-order valence-corrected chi connectivity index (χ0v) is 11.3. The first kappa shape index (κ1) is 13.2. The van der Waals surface area contributed by atoms with Crippen LogP contribution in [0.2, 0.25) is 0 Å². The van der Waals surface area contributed by atoms with Gasteiger partial charge in [0.2, 0.25) is 0 Å². The van der Waals surface area contributed by atoms with E-state index in [-0.39, 0.29) is 0 Å². The third-order valence-corrected chi connectivity index (χ3v) is 3.84. The number of nitrogens with zero attached hydrogens (tertiary/aromatic N) is 1. The Bertz CT molecular complexity index is 287. The van der Waals surface area contributed by atoms with Crippen LogP contribution in [0.25, 0.3) is 0 Å². The predicted octanol–water partition coefficient (Wildman–Crippen LogP) is 4.01. The van der Waals surface area contributed by atoms with E-state index in [0.29, 0.717) is 0 Å². The minimum Gasteiger partial charge on any atom is -0.292 e. The third-order valence-electron chi connectivity index (χ3n) is 3.84. The second-order valence-electron chi connectivity index (χ2n) is 4.51. The number of aryl methyl sites for hydroxylation is 1. The van der Waals surface area contributed by atoms with Crippen LogP contribution in [0.3, 0.4) is 0 Å². The lowest BCUT2D eigenvalue weighted by Crippen LogP contribution is -2.48. The minimum absolute atomic E-state index is 1.10. The van der Waals surface area contributed by atoms with Gasteiger partial charge < -0.3 is 0 Å². The van der Waals surface area contributed by atoms with E-state index in [9.17, 15) is 0 Å². The van der Waals surface area contributed by atoms with E-state index < -0.39 is 0 Å². The first-order valence-corrected chi connectivity index (χ1v) is 6.68. The minimum atomic E-state index is 1.10. The molecule has 0 aromatic heterocycles. The summed E-state index contributed by atoms with van der Waals surface area (Å²) in [5, 5.41) is 0. The molecule has 0 saturated heterocycles. The first-order chi connectivity index (χ1) is 7.72. The summed E-state index contributed by atoms with van der Waals surface area (Å²) in [5.41, 5.74) is 2.93. The fourth-order valence-corrected chi connectivity index (χ4v) is 2.49. The smallest absolute Gasteiger partial charge is 0.132 e. The maximum Gasteiger partial charge on any atom is 0.132 e. The van der Waals surface area contributed by atoms with Crippen LogP contribution in [0.5, 0.6) is 0 Å². The second kappa shape index (κ2) is 6.05. The van der Waals surface area contributed by atoms with Gasteiger partial charge >= 0.3 is 0 Å². The number of quaternary nitrogens is 1. The monoisotopic (exact) mass is 220 g/mol. The fraction of sp³-hybridized carbons (Fsp3) is 0.600. The topological polar surface area (TPSA) is 0 Å². The Kier molecular flexibility index (Phi) is 5.01. The highest BCUT2D eigenvalue weighted by atomic mass is 15.3. The third kappa shape index (κ3) is 2.65. The van der Waals surface area contributed by atoms with Crippen LogP contribution in [0, 0.1) is 0 Å². The Morgan fingerprint density at radius 1 is 0.812 bits per heavy atom. The van der Waals surface area contributed by atoms with E-state index >= 15 is 0 Å². The summed E-state index contributed by atoms with van der Waals surface area (Å²) in [7, 11) is 0. The molecule has 0 aliphatic rings. The summed E-state index contributed by atoms with van der Waals surface area (Å²) < 4.78 is 1.10. The van der Waals surface area contributed by atoms with Crippen LogP contribution in [-0.4, -0.2) is 19.6 Å². The highest BCUT2D eigenvalue weighted by Crippen LogP contribution is 2.23. The summed E-state index contributed by atoms with van der Waals surface area (Å²) in [6.45, 7) is 12.6. The Labute approximate surface area is 101 Å². The molecular weight excluding hydrogens is 194 g/mol. The molecule has 0 unspecified atom stereocenters. The number of rotatable bonds is 6. The molecule has 0 aliphatic heterocycles. The quantitative estimate of drug-likeness (QED) is 0.636. The number of hydrogen-bond acceptors (Lipinski definition) is 0. The Hall–Kier alpha value is -0.820. The summed E-state index contributed by atoms with van der Waals surface area (Å²) in [6, 6.07) is 9.24. The van der Waals surface area contributed by atoms with Crippen molar-refractivity contribution in [3.8, 4) is 0 Å². The summed E-state index contributed by atoms with van der Waals surface area (Å²) in [4.78, 5) is 0. The maximum absolute atomic E-state index is 2.32. The van der Waals surface area contributed by atoms with Crippen molar-refractivity contribution < 1.29 is 0 Å². The molecule has 0 amide bonds. The van der Waals surface area contributed by atoms with E-state index in [1.165, 1.54) is 43.7 Å². The van der Waals surface area contributed by atoms with Crippen molar-refractivity contribution >= 4 is 5.69 Å². The van der Waals surface area contributed by atoms with Crippen LogP contribution in [0.4, 0.5) is 5.69 Å². The summed E-state index contributed by atoms with van der Waals surface area (Å²) in [6.07, 6.45) is 2.43. The molecule has 90 valence electrons. The lowest BCUT2D eigenvalue weighted by molar-refractivity contribution is 0.316. The molecule has 0 heterocycles. The SMILES string of the molecule is CCCc1ccc([N+](CC)(CC)CC)cc1. The molecule has 1 nitrogen and oxygen atoms in total. The van der Waals surface area contributed by atoms with Crippen LogP contribution in [0.1, 0.15) is 39.7 Å². The fourth-order valence-electron chi connectivity index (χ4n) is 2.49.